The number of nitrogens with zero attached hydrogens (tertiary/aromatic N) is 1. The molecule has 3 atom stereocenters. The minimum absolute atomic E-state index is 0.133. The average molecular weight is 652 g/mol. The molecule has 0 aromatic heterocycles. The average Bonchev–Trinajstić information content (AvgIpc) is 3.43. The number of ketones is 1. The fourth-order valence-electron chi connectivity index (χ4n) is 4.59. The molecule has 2 N–H and O–H groups in total. The summed E-state index contributed by atoms with van der Waals surface area (Å²) < 4.78 is 10.8. The molecule has 44 heavy (non-hydrogen) atoms. The number of Topliss-reactive ketones (excluding diaryl/α,β-unsaturated/α-hetero) is 1. The van der Waals surface area contributed by atoms with Gasteiger partial charge in [0.15, 0.2) is 5.12 Å². The Hall–Kier alpha value is -2.73. The third-order valence-corrected chi connectivity index (χ3v) is 8.59. The molecule has 12 heteroatoms. The van der Waals surface area contributed by atoms with E-state index in [1.54, 1.807) is 58.2 Å². The van der Waals surface area contributed by atoms with E-state index >= 15 is 0 Å². The number of hydrogen-bond acceptors (Lipinski definition) is 9. The first-order valence-electron chi connectivity index (χ1n) is 15.1. The topological polar surface area (TPSA) is 131 Å². The maximum Gasteiger partial charge on any atom is 0.408 e. The Morgan fingerprint density at radius 2 is 1.52 bits per heavy atom. The first kappa shape index (κ1) is 37.5. The second-order valence-electron chi connectivity index (χ2n) is 12.9. The Bertz CT molecular complexity index is 1110. The maximum atomic E-state index is 13.5. The number of unbranched alkanes of at least 4 members (excludes halogenated alkanes) is 2. The van der Waals surface area contributed by atoms with Gasteiger partial charge in [0, 0.05) is 25.6 Å². The first-order chi connectivity index (χ1) is 20.5. The van der Waals surface area contributed by atoms with E-state index < -0.39 is 40.7 Å². The Morgan fingerprint density at radius 1 is 0.909 bits per heavy atom. The molecule has 3 amide bonds. The van der Waals surface area contributed by atoms with E-state index in [4.69, 9.17) is 9.47 Å². The summed E-state index contributed by atoms with van der Waals surface area (Å²) >= 11 is 2.59. The van der Waals surface area contributed by atoms with Gasteiger partial charge in [0.2, 0.25) is 5.91 Å². The number of hydrogen-bond donors (Lipinski definition) is 2. The largest absolute Gasteiger partial charge is 0.444 e. The summed E-state index contributed by atoms with van der Waals surface area (Å²) in [5.41, 5.74) is -0.493. The second-order valence-corrected chi connectivity index (χ2v) is 15.3. The van der Waals surface area contributed by atoms with Crippen molar-refractivity contribution in [3.05, 3.63) is 35.9 Å². The van der Waals surface area contributed by atoms with Crippen molar-refractivity contribution in [1.82, 2.24) is 15.5 Å². The SMILES string of the molecule is CC(=O)SC(C(=O)CCCCC[C@H](NC(=O)OC(C)(C)C)C(=O)N1CCSC1)[C@@H](Cc1ccccc1)NC(=O)OC(C)(C)C. The van der Waals surface area contributed by atoms with Gasteiger partial charge in [-0.25, -0.2) is 9.59 Å². The van der Waals surface area contributed by atoms with Crippen LogP contribution in [0.25, 0.3) is 0 Å². The molecule has 10 nitrogen and oxygen atoms in total. The third-order valence-electron chi connectivity index (χ3n) is 6.45. The number of carbonyl (C=O) groups is 5. The molecular formula is C32H49N3O7S2. The molecule has 1 fully saturated rings. The van der Waals surface area contributed by atoms with Crippen LogP contribution in [0, 0.1) is 0 Å². The number of ether oxygens (including phenoxy) is 2. The second kappa shape index (κ2) is 17.7. The summed E-state index contributed by atoms with van der Waals surface area (Å²) in [7, 11) is 0. The minimum Gasteiger partial charge on any atom is -0.444 e. The number of thioether (sulfide) groups is 2. The van der Waals surface area contributed by atoms with E-state index in [9.17, 15) is 24.0 Å². The van der Waals surface area contributed by atoms with Crippen LogP contribution in [-0.2, 0) is 30.3 Å². The maximum absolute atomic E-state index is 13.5. The summed E-state index contributed by atoms with van der Waals surface area (Å²) in [5, 5.41) is 4.57. The van der Waals surface area contributed by atoms with Crippen LogP contribution in [0.3, 0.4) is 0 Å². The summed E-state index contributed by atoms with van der Waals surface area (Å²) in [6.07, 6.45) is 1.46. The molecule has 1 aromatic rings. The fourth-order valence-corrected chi connectivity index (χ4v) is 6.48. The zero-order chi connectivity index (χ0) is 32.9. The standard InChI is InChI=1S/C32H49N3O7S2/c1-22(36)44-27(25(20-23-14-10-8-11-15-23)34-30(40)42-32(5,6)7)26(37)17-13-9-12-16-24(28(38)35-18-19-43-21-35)33-29(39)41-31(2,3)4/h8,10-11,14-15,24-25,27H,9,12-13,16-21H2,1-7H3,(H,33,39)(H,34,40)/t24-,25+,27?/m0/s1. The van der Waals surface area contributed by atoms with Gasteiger partial charge in [-0.05, 0) is 66.4 Å². The Labute approximate surface area is 270 Å². The van der Waals surface area contributed by atoms with Gasteiger partial charge in [0.1, 0.15) is 23.0 Å². The van der Waals surface area contributed by atoms with E-state index in [0.717, 1.165) is 23.1 Å². The van der Waals surface area contributed by atoms with E-state index in [-0.39, 0.29) is 23.2 Å². The molecule has 0 bridgehead atoms. The van der Waals surface area contributed by atoms with Gasteiger partial charge in [0.05, 0.1) is 17.2 Å². The predicted octanol–water partition coefficient (Wildman–Crippen LogP) is 5.72. The molecule has 0 aliphatic carbocycles. The minimum atomic E-state index is -0.795. The lowest BCUT2D eigenvalue weighted by Crippen LogP contribution is -2.49. The van der Waals surface area contributed by atoms with Crippen LogP contribution in [0.5, 0.6) is 0 Å². The summed E-state index contributed by atoms with van der Waals surface area (Å²) in [6.45, 7) is 12.6. The Morgan fingerprint density at radius 3 is 2.07 bits per heavy atom. The molecule has 1 aromatic carbocycles. The molecular weight excluding hydrogens is 603 g/mol. The Kier molecular flexibility index (Phi) is 15.0. The van der Waals surface area contributed by atoms with Crippen LogP contribution in [0.1, 0.15) is 86.1 Å². The van der Waals surface area contributed by atoms with E-state index in [2.05, 4.69) is 10.6 Å². The van der Waals surface area contributed by atoms with Gasteiger partial charge in [-0.1, -0.05) is 54.9 Å². The van der Waals surface area contributed by atoms with Crippen LogP contribution in [0.2, 0.25) is 0 Å². The number of nitrogens with one attached hydrogen (secondary N) is 2. The quantitative estimate of drug-likeness (QED) is 0.243. The number of alkyl carbamates (subject to hydrolysis) is 2. The fraction of sp³-hybridized carbons (Fsp3) is 0.656. The van der Waals surface area contributed by atoms with Crippen molar-refractivity contribution in [3.63, 3.8) is 0 Å². The molecule has 1 aliphatic rings. The van der Waals surface area contributed by atoms with Crippen molar-refractivity contribution in [3.8, 4) is 0 Å². The van der Waals surface area contributed by atoms with Crippen molar-refractivity contribution in [1.29, 1.82) is 0 Å². The molecule has 2 rings (SSSR count). The zero-order valence-electron chi connectivity index (χ0n) is 27.1. The molecule has 1 heterocycles. The van der Waals surface area contributed by atoms with Gasteiger partial charge in [-0.3, -0.25) is 14.4 Å². The highest BCUT2D eigenvalue weighted by Gasteiger charge is 2.33. The Balaban J connectivity index is 2.04. The van der Waals surface area contributed by atoms with Crippen LogP contribution >= 0.6 is 23.5 Å². The van der Waals surface area contributed by atoms with Crippen molar-refractivity contribution in [2.75, 3.05) is 18.2 Å². The van der Waals surface area contributed by atoms with Gasteiger partial charge >= 0.3 is 12.2 Å². The van der Waals surface area contributed by atoms with Crippen molar-refractivity contribution in [2.24, 2.45) is 0 Å². The molecule has 1 unspecified atom stereocenters. The molecule has 1 saturated heterocycles. The lowest BCUT2D eigenvalue weighted by Gasteiger charge is -2.28. The zero-order valence-corrected chi connectivity index (χ0v) is 28.7. The normalized spacial score (nSPS) is 15.6. The third kappa shape index (κ3) is 14.8. The lowest BCUT2D eigenvalue weighted by atomic mass is 9.97. The van der Waals surface area contributed by atoms with E-state index in [1.165, 1.54) is 6.92 Å². The molecule has 0 radical (unpaired) electrons. The first-order valence-corrected chi connectivity index (χ1v) is 17.2. The van der Waals surface area contributed by atoms with E-state index in [1.807, 2.05) is 30.3 Å². The number of amides is 3. The molecule has 1 aliphatic heterocycles. The molecule has 0 saturated carbocycles. The molecule has 246 valence electrons. The van der Waals surface area contributed by atoms with Crippen molar-refractivity contribution in [2.45, 2.75) is 116 Å². The highest BCUT2D eigenvalue weighted by Crippen LogP contribution is 2.24. The summed E-state index contributed by atoms with van der Waals surface area (Å²) in [4.78, 5) is 65.8. The van der Waals surface area contributed by atoms with E-state index in [0.29, 0.717) is 44.5 Å². The van der Waals surface area contributed by atoms with Crippen molar-refractivity contribution < 1.29 is 33.4 Å². The predicted molar refractivity (Wildman–Crippen MR) is 176 cm³/mol. The summed E-state index contributed by atoms with van der Waals surface area (Å²) in [5.74, 6) is 1.18. The van der Waals surface area contributed by atoms with Crippen LogP contribution < -0.4 is 10.6 Å². The van der Waals surface area contributed by atoms with Gasteiger partial charge in [-0.15, -0.1) is 11.8 Å². The lowest BCUT2D eigenvalue weighted by molar-refractivity contribution is -0.132. The van der Waals surface area contributed by atoms with Crippen LogP contribution in [0.15, 0.2) is 30.3 Å². The summed E-state index contributed by atoms with van der Waals surface area (Å²) in [6, 6.07) is 8.10. The monoisotopic (exact) mass is 651 g/mol. The van der Waals surface area contributed by atoms with Gasteiger partial charge in [0.25, 0.3) is 0 Å². The van der Waals surface area contributed by atoms with Crippen LogP contribution in [0.4, 0.5) is 9.59 Å². The number of rotatable bonds is 14. The highest BCUT2D eigenvalue weighted by atomic mass is 32.2. The smallest absolute Gasteiger partial charge is 0.408 e. The van der Waals surface area contributed by atoms with Gasteiger partial charge in [-0.2, -0.15) is 0 Å². The van der Waals surface area contributed by atoms with Crippen LogP contribution in [-0.4, -0.2) is 80.6 Å². The van der Waals surface area contributed by atoms with Crippen molar-refractivity contribution >= 4 is 52.5 Å². The number of carbonyl (C=O) groups excluding carboxylic acids is 5. The highest BCUT2D eigenvalue weighted by molar-refractivity contribution is 8.14. The molecule has 0 spiro atoms. The van der Waals surface area contributed by atoms with Gasteiger partial charge < -0.3 is 25.0 Å². The number of benzene rings is 1.